The minimum absolute atomic E-state index is 0.0380. The van der Waals surface area contributed by atoms with Crippen LogP contribution in [0.1, 0.15) is 35.2 Å². The van der Waals surface area contributed by atoms with Crippen LogP contribution in [0.4, 0.5) is 0 Å². The molecule has 1 heterocycles. The second-order valence-corrected chi connectivity index (χ2v) is 9.89. The van der Waals surface area contributed by atoms with Crippen molar-refractivity contribution in [2.45, 2.75) is 26.5 Å². The van der Waals surface area contributed by atoms with Crippen LogP contribution >= 0.6 is 0 Å². The number of Topliss-reactive ketones (excluding diaryl/α,β-unsaturated/α-hetero) is 1. The zero-order valence-corrected chi connectivity index (χ0v) is 23.6. The molecule has 0 bridgehead atoms. The molecule has 3 aromatic carbocycles. The lowest BCUT2D eigenvalue weighted by molar-refractivity contribution is -0.140. The van der Waals surface area contributed by atoms with Crippen molar-refractivity contribution in [3.05, 3.63) is 94.6 Å². The third-order valence-corrected chi connectivity index (χ3v) is 6.83. The average molecular weight is 545 g/mol. The SMILES string of the molecule is CCOc1ccc([C@H]2/C(=C(\O)c3ccc(OCc4ccccc4)cc3C)C(=O)C(=O)N2CCN(C)C)cc1OC. The molecule has 8 heteroatoms. The molecular formula is C32H36N2O6. The summed E-state index contributed by atoms with van der Waals surface area (Å²) in [7, 11) is 5.34. The van der Waals surface area contributed by atoms with Crippen LogP contribution in [0.2, 0.25) is 0 Å². The Hall–Kier alpha value is -4.30. The zero-order chi connectivity index (χ0) is 28.8. The summed E-state index contributed by atoms with van der Waals surface area (Å²) in [6.07, 6.45) is 0. The maximum Gasteiger partial charge on any atom is 0.295 e. The fourth-order valence-corrected chi connectivity index (χ4v) is 4.77. The van der Waals surface area contributed by atoms with Crippen LogP contribution < -0.4 is 14.2 Å². The van der Waals surface area contributed by atoms with Crippen molar-refractivity contribution >= 4 is 17.4 Å². The number of amides is 1. The maximum atomic E-state index is 13.4. The summed E-state index contributed by atoms with van der Waals surface area (Å²) in [6, 6.07) is 19.6. The molecule has 3 aromatic rings. The van der Waals surface area contributed by atoms with Crippen LogP contribution in [0.3, 0.4) is 0 Å². The van der Waals surface area contributed by atoms with Crippen LogP contribution in [-0.2, 0) is 16.2 Å². The molecular weight excluding hydrogens is 508 g/mol. The quantitative estimate of drug-likeness (QED) is 0.207. The van der Waals surface area contributed by atoms with Gasteiger partial charge in [-0.2, -0.15) is 0 Å². The molecule has 210 valence electrons. The van der Waals surface area contributed by atoms with Crippen molar-refractivity contribution in [1.29, 1.82) is 0 Å². The molecule has 0 radical (unpaired) electrons. The van der Waals surface area contributed by atoms with E-state index in [1.807, 2.05) is 69.2 Å². The fourth-order valence-electron chi connectivity index (χ4n) is 4.77. The fraction of sp³-hybridized carbons (Fsp3) is 0.312. The summed E-state index contributed by atoms with van der Waals surface area (Å²) in [5.74, 6) is 0.0713. The summed E-state index contributed by atoms with van der Waals surface area (Å²) in [5, 5.41) is 11.6. The van der Waals surface area contributed by atoms with Crippen LogP contribution in [0, 0.1) is 6.92 Å². The Bertz CT molecular complexity index is 1400. The standard InChI is InChI=1S/C32H36N2O6/c1-6-39-26-15-12-23(19-27(26)38-5)29-28(31(36)32(37)34(29)17-16-33(3)4)30(35)25-14-13-24(18-21(25)2)40-20-22-10-8-7-9-11-22/h7-15,18-19,29,35H,6,16-17,20H2,1-5H3/b30-28+/t29-/m0/s1. The molecule has 1 saturated heterocycles. The van der Waals surface area contributed by atoms with Gasteiger partial charge in [-0.25, -0.2) is 0 Å². The summed E-state index contributed by atoms with van der Waals surface area (Å²) in [5.41, 5.74) is 2.89. The molecule has 4 rings (SSSR count). The van der Waals surface area contributed by atoms with Gasteiger partial charge in [0.15, 0.2) is 11.5 Å². The number of ether oxygens (including phenoxy) is 3. The Morgan fingerprint density at radius 1 is 0.975 bits per heavy atom. The topological polar surface area (TPSA) is 88.5 Å². The normalized spacial score (nSPS) is 16.4. The third-order valence-electron chi connectivity index (χ3n) is 6.83. The monoisotopic (exact) mass is 544 g/mol. The van der Waals surface area contributed by atoms with E-state index in [1.54, 1.807) is 30.3 Å². The Kier molecular flexibility index (Phi) is 9.11. The highest BCUT2D eigenvalue weighted by molar-refractivity contribution is 6.46. The van der Waals surface area contributed by atoms with Gasteiger partial charge in [0.25, 0.3) is 11.7 Å². The van der Waals surface area contributed by atoms with Gasteiger partial charge >= 0.3 is 0 Å². The number of benzene rings is 3. The molecule has 8 nitrogen and oxygen atoms in total. The molecule has 0 unspecified atom stereocenters. The molecule has 0 spiro atoms. The van der Waals surface area contributed by atoms with E-state index in [9.17, 15) is 14.7 Å². The highest BCUT2D eigenvalue weighted by atomic mass is 16.5. The molecule has 0 aliphatic carbocycles. The highest BCUT2D eigenvalue weighted by Crippen LogP contribution is 2.42. The smallest absolute Gasteiger partial charge is 0.295 e. The van der Waals surface area contributed by atoms with Gasteiger partial charge in [0, 0.05) is 18.7 Å². The minimum atomic E-state index is -0.794. The molecule has 1 fully saturated rings. The number of aryl methyl sites for hydroxylation is 1. The van der Waals surface area contributed by atoms with E-state index >= 15 is 0 Å². The number of carbonyl (C=O) groups is 2. The summed E-state index contributed by atoms with van der Waals surface area (Å²) in [4.78, 5) is 30.1. The zero-order valence-electron chi connectivity index (χ0n) is 23.6. The van der Waals surface area contributed by atoms with Crippen molar-refractivity contribution in [2.24, 2.45) is 0 Å². The molecule has 1 aliphatic rings. The van der Waals surface area contributed by atoms with Gasteiger partial charge in [0.2, 0.25) is 0 Å². The second kappa shape index (κ2) is 12.7. The van der Waals surface area contributed by atoms with Gasteiger partial charge in [-0.3, -0.25) is 9.59 Å². The largest absolute Gasteiger partial charge is 0.507 e. The first kappa shape index (κ1) is 28.7. The first-order chi connectivity index (χ1) is 19.2. The van der Waals surface area contributed by atoms with Crippen molar-refractivity contribution in [1.82, 2.24) is 9.80 Å². The first-order valence-corrected chi connectivity index (χ1v) is 13.3. The summed E-state index contributed by atoms with van der Waals surface area (Å²) in [6.45, 7) is 5.43. The number of rotatable bonds is 11. The lowest BCUT2D eigenvalue weighted by Gasteiger charge is -2.27. The number of ketones is 1. The van der Waals surface area contributed by atoms with E-state index in [2.05, 4.69) is 0 Å². The van der Waals surface area contributed by atoms with Crippen molar-refractivity contribution in [2.75, 3.05) is 40.9 Å². The van der Waals surface area contributed by atoms with E-state index in [0.29, 0.717) is 60.2 Å². The molecule has 0 aromatic heterocycles. The van der Waals surface area contributed by atoms with Crippen LogP contribution in [-0.4, -0.2) is 67.5 Å². The van der Waals surface area contributed by atoms with Gasteiger partial charge < -0.3 is 29.1 Å². The number of hydrogen-bond acceptors (Lipinski definition) is 7. The van der Waals surface area contributed by atoms with Crippen molar-refractivity contribution in [3.8, 4) is 17.2 Å². The summed E-state index contributed by atoms with van der Waals surface area (Å²) < 4.78 is 17.1. The number of aliphatic hydroxyl groups is 1. The molecule has 40 heavy (non-hydrogen) atoms. The maximum absolute atomic E-state index is 13.4. The Morgan fingerprint density at radius 3 is 2.38 bits per heavy atom. The van der Waals surface area contributed by atoms with E-state index in [4.69, 9.17) is 14.2 Å². The van der Waals surface area contributed by atoms with Crippen LogP contribution in [0.15, 0.2) is 72.3 Å². The number of hydrogen-bond donors (Lipinski definition) is 1. The Morgan fingerprint density at radius 2 is 1.73 bits per heavy atom. The van der Waals surface area contributed by atoms with Crippen molar-refractivity contribution < 1.29 is 28.9 Å². The van der Waals surface area contributed by atoms with Gasteiger partial charge in [-0.15, -0.1) is 0 Å². The predicted molar refractivity (Wildman–Crippen MR) is 154 cm³/mol. The minimum Gasteiger partial charge on any atom is -0.507 e. The average Bonchev–Trinajstić information content (AvgIpc) is 3.20. The number of likely N-dealkylation sites (tertiary alicyclic amines) is 1. The first-order valence-electron chi connectivity index (χ1n) is 13.3. The van der Waals surface area contributed by atoms with Gasteiger partial charge in [0.05, 0.1) is 25.3 Å². The number of carbonyl (C=O) groups excluding carboxylic acids is 2. The number of likely N-dealkylation sites (N-methyl/N-ethyl adjacent to an activating group) is 1. The van der Waals surface area contributed by atoms with Crippen molar-refractivity contribution in [3.63, 3.8) is 0 Å². The van der Waals surface area contributed by atoms with Gasteiger partial charge in [0.1, 0.15) is 18.1 Å². The van der Waals surface area contributed by atoms with Crippen LogP contribution in [0.5, 0.6) is 17.2 Å². The van der Waals surface area contributed by atoms with E-state index < -0.39 is 17.7 Å². The van der Waals surface area contributed by atoms with Crippen LogP contribution in [0.25, 0.3) is 5.76 Å². The number of aliphatic hydroxyl groups excluding tert-OH is 1. The lowest BCUT2D eigenvalue weighted by Crippen LogP contribution is -2.35. The third kappa shape index (κ3) is 6.13. The Labute approximate surface area is 235 Å². The summed E-state index contributed by atoms with van der Waals surface area (Å²) >= 11 is 0. The molecule has 1 aliphatic heterocycles. The van der Waals surface area contributed by atoms with Gasteiger partial charge in [-0.1, -0.05) is 36.4 Å². The number of methoxy groups -OCH3 is 1. The highest BCUT2D eigenvalue weighted by Gasteiger charge is 2.46. The molecule has 1 N–H and O–H groups in total. The molecule has 0 saturated carbocycles. The van der Waals surface area contributed by atoms with E-state index in [1.165, 1.54) is 12.0 Å². The number of nitrogens with zero attached hydrogens (tertiary/aromatic N) is 2. The Balaban J connectivity index is 1.74. The second-order valence-electron chi connectivity index (χ2n) is 9.89. The van der Waals surface area contributed by atoms with E-state index in [0.717, 1.165) is 5.56 Å². The van der Waals surface area contributed by atoms with E-state index in [-0.39, 0.29) is 11.3 Å². The molecule has 1 amide bonds. The van der Waals surface area contributed by atoms with Gasteiger partial charge in [-0.05, 0) is 75.0 Å². The predicted octanol–water partition coefficient (Wildman–Crippen LogP) is 4.96. The lowest BCUT2D eigenvalue weighted by atomic mass is 9.93. The molecule has 1 atom stereocenters.